The summed E-state index contributed by atoms with van der Waals surface area (Å²) >= 11 is 0. The van der Waals surface area contributed by atoms with Crippen molar-refractivity contribution in [2.45, 2.75) is 45.9 Å². The zero-order valence-corrected chi connectivity index (χ0v) is 14.8. The van der Waals surface area contributed by atoms with Crippen LogP contribution in [0.4, 0.5) is 0 Å². The predicted molar refractivity (Wildman–Crippen MR) is 97.7 cm³/mol. The largest absolute Gasteiger partial charge is 0.367 e. The van der Waals surface area contributed by atoms with Crippen LogP contribution in [0.1, 0.15) is 44.9 Å². The van der Waals surface area contributed by atoms with Crippen LogP contribution in [-0.4, -0.2) is 30.1 Å². The lowest BCUT2D eigenvalue weighted by molar-refractivity contribution is 0.0441. The summed E-state index contributed by atoms with van der Waals surface area (Å²) in [5.41, 5.74) is 2.42. The monoisotopic (exact) mass is 311 g/mol. The zero-order chi connectivity index (χ0) is 16.7. The molecule has 0 radical (unpaired) electrons. The molecule has 2 heteroatoms. The van der Waals surface area contributed by atoms with Crippen molar-refractivity contribution in [1.82, 2.24) is 4.90 Å². The molecule has 0 spiro atoms. The summed E-state index contributed by atoms with van der Waals surface area (Å²) in [5.74, 6) is 0. The first-order chi connectivity index (χ1) is 11.1. The van der Waals surface area contributed by atoms with Crippen molar-refractivity contribution in [3.8, 4) is 0 Å². The molecule has 0 aliphatic carbocycles. The Morgan fingerprint density at radius 1 is 0.739 bits per heavy atom. The maximum absolute atomic E-state index is 6.30. The van der Waals surface area contributed by atoms with E-state index in [1.807, 2.05) is 12.1 Å². The molecule has 0 aliphatic heterocycles. The summed E-state index contributed by atoms with van der Waals surface area (Å²) in [6.07, 6.45) is -0.00132. The third kappa shape index (κ3) is 5.19. The van der Waals surface area contributed by atoms with Gasteiger partial charge < -0.3 is 4.74 Å². The molecule has 0 unspecified atom stereocenters. The Morgan fingerprint density at radius 3 is 1.57 bits per heavy atom. The molecule has 0 saturated carbocycles. The van der Waals surface area contributed by atoms with Crippen molar-refractivity contribution in [2.24, 2.45) is 0 Å². The van der Waals surface area contributed by atoms with Crippen LogP contribution in [0.5, 0.6) is 0 Å². The van der Waals surface area contributed by atoms with Gasteiger partial charge in [0.15, 0.2) is 0 Å². The molecule has 23 heavy (non-hydrogen) atoms. The number of ether oxygens (including phenoxy) is 1. The summed E-state index contributed by atoms with van der Waals surface area (Å²) in [5, 5.41) is 0. The van der Waals surface area contributed by atoms with Crippen LogP contribution in [0.2, 0.25) is 0 Å². The minimum absolute atomic E-state index is 0.00132. The number of hydrogen-bond acceptors (Lipinski definition) is 2. The molecule has 0 saturated heterocycles. The van der Waals surface area contributed by atoms with Gasteiger partial charge in [-0.1, -0.05) is 60.7 Å². The van der Waals surface area contributed by atoms with Gasteiger partial charge in [0.05, 0.1) is 6.61 Å². The minimum atomic E-state index is -0.00132. The smallest absolute Gasteiger partial charge is 0.108 e. The number of rotatable bonds is 8. The fourth-order valence-electron chi connectivity index (χ4n) is 3.03. The van der Waals surface area contributed by atoms with Crippen molar-refractivity contribution >= 4 is 0 Å². The molecule has 0 heterocycles. The van der Waals surface area contributed by atoms with Gasteiger partial charge in [-0.05, 0) is 38.8 Å². The third-order valence-corrected chi connectivity index (χ3v) is 4.17. The highest BCUT2D eigenvalue weighted by atomic mass is 16.5. The average Bonchev–Trinajstić information content (AvgIpc) is 2.56. The van der Waals surface area contributed by atoms with Crippen molar-refractivity contribution in [3.05, 3.63) is 71.8 Å². The quantitative estimate of drug-likeness (QED) is 0.686. The topological polar surface area (TPSA) is 12.5 Å². The maximum Gasteiger partial charge on any atom is 0.108 e. The van der Waals surface area contributed by atoms with Crippen LogP contribution in [0.3, 0.4) is 0 Å². The molecular formula is C21H29NO. The summed E-state index contributed by atoms with van der Waals surface area (Å²) in [7, 11) is 0. The summed E-state index contributed by atoms with van der Waals surface area (Å²) in [6, 6.07) is 22.0. The number of nitrogens with zero attached hydrogens (tertiary/aromatic N) is 1. The zero-order valence-electron chi connectivity index (χ0n) is 14.8. The van der Waals surface area contributed by atoms with Crippen molar-refractivity contribution < 1.29 is 4.74 Å². The Labute approximate surface area is 141 Å². The normalized spacial score (nSPS) is 11.8. The van der Waals surface area contributed by atoms with Crippen LogP contribution >= 0.6 is 0 Å². The second-order valence-electron chi connectivity index (χ2n) is 6.50. The van der Waals surface area contributed by atoms with Gasteiger partial charge in [-0.15, -0.1) is 0 Å². The van der Waals surface area contributed by atoms with Gasteiger partial charge in [0.2, 0.25) is 0 Å². The first-order valence-electron chi connectivity index (χ1n) is 8.57. The molecular weight excluding hydrogens is 282 g/mol. The lowest BCUT2D eigenvalue weighted by Crippen LogP contribution is -2.39. The Kier molecular flexibility index (Phi) is 6.82. The van der Waals surface area contributed by atoms with E-state index in [2.05, 4.69) is 81.1 Å². The number of hydrogen-bond donors (Lipinski definition) is 0. The van der Waals surface area contributed by atoms with Crippen molar-refractivity contribution in [3.63, 3.8) is 0 Å². The SMILES string of the molecule is CC(C)N(CCOC(c1ccccc1)c1ccccc1)C(C)C. The van der Waals surface area contributed by atoms with E-state index in [1.165, 1.54) is 11.1 Å². The lowest BCUT2D eigenvalue weighted by atomic mass is 10.0. The molecule has 2 nitrogen and oxygen atoms in total. The van der Waals surface area contributed by atoms with Gasteiger partial charge >= 0.3 is 0 Å². The molecule has 2 aromatic rings. The highest BCUT2D eigenvalue weighted by Gasteiger charge is 2.17. The summed E-state index contributed by atoms with van der Waals surface area (Å²) in [6.45, 7) is 10.6. The van der Waals surface area contributed by atoms with E-state index in [0.29, 0.717) is 12.1 Å². The van der Waals surface area contributed by atoms with Crippen LogP contribution in [0.25, 0.3) is 0 Å². The second-order valence-corrected chi connectivity index (χ2v) is 6.50. The van der Waals surface area contributed by atoms with E-state index in [4.69, 9.17) is 4.74 Å². The van der Waals surface area contributed by atoms with E-state index in [1.54, 1.807) is 0 Å². The third-order valence-electron chi connectivity index (χ3n) is 4.17. The Hall–Kier alpha value is -1.64. The minimum Gasteiger partial charge on any atom is -0.367 e. The Morgan fingerprint density at radius 2 is 1.17 bits per heavy atom. The van der Waals surface area contributed by atoms with Gasteiger partial charge in [-0.2, -0.15) is 0 Å². The van der Waals surface area contributed by atoms with Gasteiger partial charge in [0, 0.05) is 18.6 Å². The average molecular weight is 311 g/mol. The first-order valence-corrected chi connectivity index (χ1v) is 8.57. The molecule has 0 aromatic heterocycles. The fraction of sp³-hybridized carbons (Fsp3) is 0.429. The van der Waals surface area contributed by atoms with Crippen LogP contribution in [0, 0.1) is 0 Å². The number of benzene rings is 2. The summed E-state index contributed by atoms with van der Waals surface area (Å²) in [4.78, 5) is 2.47. The molecule has 2 rings (SSSR count). The van der Waals surface area contributed by atoms with E-state index in [0.717, 1.165) is 13.2 Å². The molecule has 0 aliphatic rings. The van der Waals surface area contributed by atoms with Gasteiger partial charge in [0.1, 0.15) is 6.10 Å². The van der Waals surface area contributed by atoms with Crippen LogP contribution in [0.15, 0.2) is 60.7 Å². The van der Waals surface area contributed by atoms with Crippen LogP contribution < -0.4 is 0 Å². The molecule has 0 bridgehead atoms. The fourth-order valence-corrected chi connectivity index (χ4v) is 3.03. The Balaban J connectivity index is 2.07. The van der Waals surface area contributed by atoms with Crippen molar-refractivity contribution in [2.75, 3.05) is 13.2 Å². The predicted octanol–water partition coefficient (Wildman–Crippen LogP) is 4.91. The molecule has 124 valence electrons. The molecule has 2 aromatic carbocycles. The maximum atomic E-state index is 6.30. The molecule has 0 amide bonds. The molecule has 0 fully saturated rings. The van der Waals surface area contributed by atoms with E-state index in [9.17, 15) is 0 Å². The summed E-state index contributed by atoms with van der Waals surface area (Å²) < 4.78 is 6.30. The first kappa shape index (κ1) is 17.7. The Bertz CT molecular complexity index is 503. The van der Waals surface area contributed by atoms with Gasteiger partial charge in [-0.25, -0.2) is 0 Å². The highest BCUT2D eigenvalue weighted by molar-refractivity contribution is 5.29. The highest BCUT2D eigenvalue weighted by Crippen LogP contribution is 2.25. The second kappa shape index (κ2) is 8.85. The van der Waals surface area contributed by atoms with E-state index in [-0.39, 0.29) is 6.10 Å². The lowest BCUT2D eigenvalue weighted by Gasteiger charge is -2.31. The van der Waals surface area contributed by atoms with E-state index < -0.39 is 0 Å². The van der Waals surface area contributed by atoms with Crippen LogP contribution in [-0.2, 0) is 4.74 Å². The van der Waals surface area contributed by atoms with Crippen molar-refractivity contribution in [1.29, 1.82) is 0 Å². The molecule has 0 N–H and O–H groups in total. The van der Waals surface area contributed by atoms with E-state index >= 15 is 0 Å². The van der Waals surface area contributed by atoms with Gasteiger partial charge in [0.25, 0.3) is 0 Å². The standard InChI is InChI=1S/C21H29NO/c1-17(2)22(18(3)4)15-16-23-21(19-11-7-5-8-12-19)20-13-9-6-10-14-20/h5-14,17-18,21H,15-16H2,1-4H3. The van der Waals surface area contributed by atoms with Gasteiger partial charge in [-0.3, -0.25) is 4.90 Å². The molecule has 0 atom stereocenters.